The molecule has 0 aliphatic heterocycles. The molecule has 1 N–H and O–H groups in total. The molecule has 0 spiro atoms. The van der Waals surface area contributed by atoms with Gasteiger partial charge in [0, 0.05) is 6.04 Å². The maximum Gasteiger partial charge on any atom is 0.119 e. The Balaban J connectivity index is 1.58. The molecule has 3 rings (SSSR count). The minimum atomic E-state index is 0.551. The highest BCUT2D eigenvalue weighted by molar-refractivity contribution is 5.40. The minimum Gasteiger partial charge on any atom is -0.497 e. The molecular weight excluding hydrogens is 222 g/mol. The zero-order valence-corrected chi connectivity index (χ0v) is 11.2. The molecule has 2 nitrogen and oxygen atoms in total. The van der Waals surface area contributed by atoms with Gasteiger partial charge in [-0.15, -0.1) is 0 Å². The number of hydrogen-bond donors (Lipinski definition) is 1. The van der Waals surface area contributed by atoms with E-state index in [1.165, 1.54) is 56.2 Å². The van der Waals surface area contributed by atoms with Gasteiger partial charge in [0.05, 0.1) is 7.11 Å². The van der Waals surface area contributed by atoms with Gasteiger partial charge in [-0.2, -0.15) is 0 Å². The van der Waals surface area contributed by atoms with Gasteiger partial charge in [0.2, 0.25) is 0 Å². The molecule has 18 heavy (non-hydrogen) atoms. The molecule has 0 radical (unpaired) electrons. The van der Waals surface area contributed by atoms with Crippen molar-refractivity contribution in [3.63, 3.8) is 0 Å². The fourth-order valence-electron chi connectivity index (χ4n) is 3.16. The van der Waals surface area contributed by atoms with Crippen molar-refractivity contribution in [1.82, 2.24) is 5.32 Å². The second-order valence-electron chi connectivity index (χ2n) is 5.70. The second kappa shape index (κ2) is 5.31. The van der Waals surface area contributed by atoms with E-state index in [0.717, 1.165) is 11.7 Å². The van der Waals surface area contributed by atoms with E-state index >= 15 is 0 Å². The number of aryl methyl sites for hydroxylation is 1. The smallest absolute Gasteiger partial charge is 0.119 e. The van der Waals surface area contributed by atoms with Gasteiger partial charge in [-0.1, -0.05) is 25.3 Å². The lowest BCUT2D eigenvalue weighted by atomic mass is 9.83. The van der Waals surface area contributed by atoms with E-state index in [9.17, 15) is 0 Å². The summed E-state index contributed by atoms with van der Waals surface area (Å²) in [5, 5.41) is 3.73. The lowest BCUT2D eigenvalue weighted by molar-refractivity contribution is 0.287. The average molecular weight is 245 g/mol. The van der Waals surface area contributed by atoms with Crippen molar-refractivity contribution in [1.29, 1.82) is 0 Å². The van der Waals surface area contributed by atoms with Gasteiger partial charge < -0.3 is 10.1 Å². The normalized spacial score (nSPS) is 22.6. The molecule has 0 amide bonds. The summed E-state index contributed by atoms with van der Waals surface area (Å²) in [5.41, 5.74) is 2.96. The molecule has 0 saturated heterocycles. The summed E-state index contributed by atoms with van der Waals surface area (Å²) < 4.78 is 5.33. The van der Waals surface area contributed by atoms with E-state index in [1.807, 2.05) is 0 Å². The molecule has 1 aromatic rings. The third-order valence-corrected chi connectivity index (χ3v) is 4.60. The second-order valence-corrected chi connectivity index (χ2v) is 5.70. The fourth-order valence-corrected chi connectivity index (χ4v) is 3.16. The summed E-state index contributed by atoms with van der Waals surface area (Å²) in [6.45, 7) is 1.17. The Kier molecular flexibility index (Phi) is 3.55. The summed E-state index contributed by atoms with van der Waals surface area (Å²) in [6.07, 6.45) is 8.17. The Morgan fingerprint density at radius 3 is 2.89 bits per heavy atom. The molecule has 98 valence electrons. The molecule has 1 fully saturated rings. The van der Waals surface area contributed by atoms with Crippen molar-refractivity contribution in [3.05, 3.63) is 29.3 Å². The van der Waals surface area contributed by atoms with Gasteiger partial charge in [-0.25, -0.2) is 0 Å². The van der Waals surface area contributed by atoms with E-state index < -0.39 is 0 Å². The third kappa shape index (κ3) is 2.39. The lowest BCUT2D eigenvalue weighted by Crippen LogP contribution is -2.24. The zero-order chi connectivity index (χ0) is 12.4. The van der Waals surface area contributed by atoms with Crippen LogP contribution in [-0.4, -0.2) is 13.7 Å². The van der Waals surface area contributed by atoms with Crippen molar-refractivity contribution < 1.29 is 4.74 Å². The first kappa shape index (κ1) is 12.0. The standard InChI is InChI=1S/C16H23NO/c1-18-14-7-5-13-6-8-16(15(13)11-14)17-10-9-12-3-2-4-12/h5,7,11-12,16-17H,2-4,6,8-10H2,1H3. The van der Waals surface area contributed by atoms with Crippen LogP contribution < -0.4 is 10.1 Å². The highest BCUT2D eigenvalue weighted by Gasteiger charge is 2.23. The Hall–Kier alpha value is -1.02. The van der Waals surface area contributed by atoms with E-state index in [-0.39, 0.29) is 0 Å². The van der Waals surface area contributed by atoms with Crippen LogP contribution >= 0.6 is 0 Å². The lowest BCUT2D eigenvalue weighted by Gasteiger charge is -2.26. The minimum absolute atomic E-state index is 0.551. The Morgan fingerprint density at radius 1 is 1.28 bits per heavy atom. The van der Waals surface area contributed by atoms with Gasteiger partial charge in [-0.3, -0.25) is 0 Å². The average Bonchev–Trinajstić information content (AvgIpc) is 2.74. The summed E-state index contributed by atoms with van der Waals surface area (Å²) >= 11 is 0. The molecule has 2 aliphatic rings. The number of fused-ring (bicyclic) bond motifs is 1. The number of nitrogens with one attached hydrogen (secondary N) is 1. The number of methoxy groups -OCH3 is 1. The van der Waals surface area contributed by atoms with Crippen molar-refractivity contribution >= 4 is 0 Å². The molecule has 1 saturated carbocycles. The molecule has 1 aromatic carbocycles. The molecule has 1 unspecified atom stereocenters. The van der Waals surface area contributed by atoms with Crippen LogP contribution in [0.25, 0.3) is 0 Å². The predicted octanol–water partition coefficient (Wildman–Crippen LogP) is 3.46. The van der Waals surface area contributed by atoms with Crippen LogP contribution in [-0.2, 0) is 6.42 Å². The van der Waals surface area contributed by atoms with Crippen LogP contribution in [0.1, 0.15) is 49.3 Å². The third-order valence-electron chi connectivity index (χ3n) is 4.60. The Labute approximate surface area is 110 Å². The Morgan fingerprint density at radius 2 is 2.17 bits per heavy atom. The SMILES string of the molecule is COc1ccc2c(c1)C(NCCC1CCC1)CC2. The molecule has 0 heterocycles. The van der Waals surface area contributed by atoms with Gasteiger partial charge >= 0.3 is 0 Å². The maximum absolute atomic E-state index is 5.33. The number of benzene rings is 1. The largest absolute Gasteiger partial charge is 0.497 e. The number of hydrogen-bond acceptors (Lipinski definition) is 2. The van der Waals surface area contributed by atoms with Crippen molar-refractivity contribution in [2.45, 2.75) is 44.6 Å². The van der Waals surface area contributed by atoms with Crippen LogP contribution in [0.2, 0.25) is 0 Å². The van der Waals surface area contributed by atoms with Gasteiger partial charge in [0.1, 0.15) is 5.75 Å². The molecule has 0 bridgehead atoms. The monoisotopic (exact) mass is 245 g/mol. The Bertz CT molecular complexity index is 412. The quantitative estimate of drug-likeness (QED) is 0.857. The van der Waals surface area contributed by atoms with E-state index in [0.29, 0.717) is 6.04 Å². The topological polar surface area (TPSA) is 21.3 Å². The number of ether oxygens (including phenoxy) is 1. The first-order valence-corrected chi connectivity index (χ1v) is 7.27. The number of rotatable bonds is 5. The molecular formula is C16H23NO. The molecule has 2 heteroatoms. The van der Waals surface area contributed by atoms with Crippen LogP contribution in [0, 0.1) is 5.92 Å². The first-order chi connectivity index (χ1) is 8.86. The maximum atomic E-state index is 5.33. The highest BCUT2D eigenvalue weighted by Crippen LogP contribution is 2.34. The van der Waals surface area contributed by atoms with Crippen molar-refractivity contribution in [2.75, 3.05) is 13.7 Å². The summed E-state index contributed by atoms with van der Waals surface area (Å²) in [5.74, 6) is 1.99. The first-order valence-electron chi connectivity index (χ1n) is 7.27. The van der Waals surface area contributed by atoms with Crippen LogP contribution in [0.5, 0.6) is 5.75 Å². The van der Waals surface area contributed by atoms with Gasteiger partial charge in [0.25, 0.3) is 0 Å². The van der Waals surface area contributed by atoms with E-state index in [1.54, 1.807) is 7.11 Å². The molecule has 1 atom stereocenters. The van der Waals surface area contributed by atoms with Gasteiger partial charge in [-0.05, 0) is 55.0 Å². The highest BCUT2D eigenvalue weighted by atomic mass is 16.5. The van der Waals surface area contributed by atoms with E-state index in [4.69, 9.17) is 4.74 Å². The van der Waals surface area contributed by atoms with Crippen LogP contribution in [0.4, 0.5) is 0 Å². The molecule has 0 aromatic heterocycles. The summed E-state index contributed by atoms with van der Waals surface area (Å²) in [4.78, 5) is 0. The fraction of sp³-hybridized carbons (Fsp3) is 0.625. The predicted molar refractivity (Wildman–Crippen MR) is 74.0 cm³/mol. The zero-order valence-electron chi connectivity index (χ0n) is 11.2. The summed E-state index contributed by atoms with van der Waals surface area (Å²) in [7, 11) is 1.75. The van der Waals surface area contributed by atoms with Crippen molar-refractivity contribution in [2.24, 2.45) is 5.92 Å². The van der Waals surface area contributed by atoms with Crippen molar-refractivity contribution in [3.8, 4) is 5.75 Å². The summed E-state index contributed by atoms with van der Waals surface area (Å²) in [6, 6.07) is 7.07. The van der Waals surface area contributed by atoms with E-state index in [2.05, 4.69) is 23.5 Å². The molecule has 2 aliphatic carbocycles. The van der Waals surface area contributed by atoms with Gasteiger partial charge in [0.15, 0.2) is 0 Å². The van der Waals surface area contributed by atoms with Crippen LogP contribution in [0.3, 0.4) is 0 Å². The van der Waals surface area contributed by atoms with Crippen LogP contribution in [0.15, 0.2) is 18.2 Å².